The first-order chi connectivity index (χ1) is 9.86. The minimum Gasteiger partial charge on any atom is -0.481 e. The number of unbranched alkanes of at least 4 members (excludes halogenated alkanes) is 1. The number of carboxylic acid groups (broad SMARTS) is 2. The van der Waals surface area contributed by atoms with Crippen molar-refractivity contribution in [2.45, 2.75) is 31.7 Å². The van der Waals surface area contributed by atoms with Gasteiger partial charge in [0.05, 0.1) is 29.9 Å². The fraction of sp³-hybridized carbons (Fsp3) is 0.692. The zero-order valence-electron chi connectivity index (χ0n) is 11.5. The van der Waals surface area contributed by atoms with E-state index in [-0.39, 0.29) is 13.0 Å². The molecule has 0 aromatic rings. The maximum absolute atomic E-state index is 11.8. The molecule has 0 heterocycles. The van der Waals surface area contributed by atoms with E-state index in [4.69, 9.17) is 9.84 Å². The van der Waals surface area contributed by atoms with E-state index in [1.807, 2.05) is 6.92 Å². The summed E-state index contributed by atoms with van der Waals surface area (Å²) in [6.07, 6.45) is 0.319. The third-order valence-electron chi connectivity index (χ3n) is 4.20. The Bertz CT molecular complexity index is 497. The van der Waals surface area contributed by atoms with E-state index in [1.165, 1.54) is 0 Å². The molecule has 0 radical (unpaired) electrons. The van der Waals surface area contributed by atoms with Gasteiger partial charge in [0, 0.05) is 6.42 Å². The predicted molar refractivity (Wildman–Crippen MR) is 67.5 cm³/mol. The second kappa shape index (κ2) is 5.34. The number of carboxylic acids is 2. The summed E-state index contributed by atoms with van der Waals surface area (Å²) in [6, 6.07) is 0. The van der Waals surface area contributed by atoms with E-state index in [2.05, 4.69) is 5.32 Å². The molecule has 0 aromatic heterocycles. The van der Waals surface area contributed by atoms with Gasteiger partial charge in [0.1, 0.15) is 5.78 Å². The molecule has 2 saturated carbocycles. The van der Waals surface area contributed by atoms with E-state index >= 15 is 0 Å². The molecule has 2 fully saturated rings. The van der Waals surface area contributed by atoms with Crippen molar-refractivity contribution in [2.75, 3.05) is 6.61 Å². The van der Waals surface area contributed by atoms with Gasteiger partial charge in [0.2, 0.25) is 0 Å². The number of hydrogen-bond donors (Lipinski definition) is 3. The SMILES string of the molecule is CCCCOC(=O)NC12C(C(=O)O)CC(=O)C1C2C(=O)O. The highest BCUT2D eigenvalue weighted by Gasteiger charge is 2.81. The molecule has 0 saturated heterocycles. The summed E-state index contributed by atoms with van der Waals surface area (Å²) in [7, 11) is 0. The second-order valence-electron chi connectivity index (χ2n) is 5.40. The van der Waals surface area contributed by atoms with Crippen LogP contribution in [0.15, 0.2) is 0 Å². The standard InChI is InChI=1S/C13H17NO7/c1-2-3-4-21-12(20)14-13-6(10(16)17)5-7(15)8(13)9(13)11(18)19/h6,8-9H,2-5H2,1H3,(H,14,20)(H,16,17)(H,18,19). The lowest BCUT2D eigenvalue weighted by molar-refractivity contribution is -0.146. The van der Waals surface area contributed by atoms with Crippen LogP contribution in [0.2, 0.25) is 0 Å². The first-order valence-corrected chi connectivity index (χ1v) is 6.79. The van der Waals surface area contributed by atoms with Gasteiger partial charge in [-0.05, 0) is 6.42 Å². The van der Waals surface area contributed by atoms with E-state index in [1.54, 1.807) is 0 Å². The number of Topliss-reactive ketones (excluding diaryl/α,β-unsaturated/α-hetero) is 1. The average Bonchev–Trinajstić information content (AvgIpc) is 2.96. The van der Waals surface area contributed by atoms with Gasteiger partial charge in [0.15, 0.2) is 0 Å². The number of rotatable bonds is 6. The number of ketones is 1. The molecule has 4 unspecified atom stereocenters. The van der Waals surface area contributed by atoms with Crippen LogP contribution < -0.4 is 5.32 Å². The lowest BCUT2D eigenvalue weighted by atomic mass is 9.94. The van der Waals surface area contributed by atoms with E-state index in [9.17, 15) is 24.3 Å². The van der Waals surface area contributed by atoms with Gasteiger partial charge in [-0.25, -0.2) is 4.79 Å². The highest BCUT2D eigenvalue weighted by molar-refractivity contribution is 6.03. The molecule has 0 spiro atoms. The first kappa shape index (κ1) is 15.3. The third-order valence-corrected chi connectivity index (χ3v) is 4.20. The van der Waals surface area contributed by atoms with Crippen molar-refractivity contribution >= 4 is 23.8 Å². The van der Waals surface area contributed by atoms with Crippen molar-refractivity contribution in [1.82, 2.24) is 5.32 Å². The second-order valence-corrected chi connectivity index (χ2v) is 5.40. The zero-order chi connectivity index (χ0) is 15.8. The minimum absolute atomic E-state index is 0.159. The number of carbonyl (C=O) groups is 4. The average molecular weight is 299 g/mol. The van der Waals surface area contributed by atoms with Gasteiger partial charge in [-0.15, -0.1) is 0 Å². The quantitative estimate of drug-likeness (QED) is 0.599. The summed E-state index contributed by atoms with van der Waals surface area (Å²) in [6.45, 7) is 2.07. The topological polar surface area (TPSA) is 130 Å². The van der Waals surface area contributed by atoms with Crippen LogP contribution in [0.3, 0.4) is 0 Å². The molecule has 0 aliphatic heterocycles. The number of aliphatic carboxylic acids is 2. The van der Waals surface area contributed by atoms with Crippen LogP contribution in [0.4, 0.5) is 4.79 Å². The number of nitrogens with one attached hydrogen (secondary N) is 1. The summed E-state index contributed by atoms with van der Waals surface area (Å²) >= 11 is 0. The first-order valence-electron chi connectivity index (χ1n) is 6.79. The number of amides is 1. The summed E-state index contributed by atoms with van der Waals surface area (Å²) in [5.41, 5.74) is -1.54. The fourth-order valence-corrected chi connectivity index (χ4v) is 3.19. The Morgan fingerprint density at radius 1 is 1.33 bits per heavy atom. The van der Waals surface area contributed by atoms with Crippen molar-refractivity contribution in [1.29, 1.82) is 0 Å². The van der Waals surface area contributed by atoms with Crippen LogP contribution in [0.5, 0.6) is 0 Å². The number of carbonyl (C=O) groups excluding carboxylic acids is 2. The molecule has 8 nitrogen and oxygen atoms in total. The Morgan fingerprint density at radius 3 is 2.48 bits per heavy atom. The van der Waals surface area contributed by atoms with E-state index in [0.717, 1.165) is 6.42 Å². The molecule has 21 heavy (non-hydrogen) atoms. The molecule has 3 N–H and O–H groups in total. The van der Waals surface area contributed by atoms with Crippen molar-refractivity contribution in [3.05, 3.63) is 0 Å². The van der Waals surface area contributed by atoms with E-state index < -0.39 is 47.1 Å². The Labute approximate surface area is 120 Å². The smallest absolute Gasteiger partial charge is 0.407 e. The normalized spacial score (nSPS) is 33.2. The van der Waals surface area contributed by atoms with E-state index in [0.29, 0.717) is 6.42 Å². The van der Waals surface area contributed by atoms with Gasteiger partial charge in [-0.1, -0.05) is 13.3 Å². The Balaban J connectivity index is 2.15. The zero-order valence-corrected chi connectivity index (χ0v) is 11.5. The van der Waals surface area contributed by atoms with Gasteiger partial charge in [-0.2, -0.15) is 0 Å². The number of fused-ring (bicyclic) bond motifs is 1. The molecule has 4 atom stereocenters. The molecule has 1 amide bonds. The highest BCUT2D eigenvalue weighted by Crippen LogP contribution is 2.62. The van der Waals surface area contributed by atoms with Crippen LogP contribution in [0, 0.1) is 17.8 Å². The third kappa shape index (κ3) is 2.34. The maximum atomic E-state index is 11.8. The Kier molecular flexibility index (Phi) is 3.89. The summed E-state index contributed by atoms with van der Waals surface area (Å²) in [5, 5.41) is 20.7. The van der Waals surface area contributed by atoms with Crippen molar-refractivity contribution < 1.29 is 34.1 Å². The van der Waals surface area contributed by atoms with Crippen LogP contribution in [0.1, 0.15) is 26.2 Å². The minimum atomic E-state index is -1.54. The lowest BCUT2D eigenvalue weighted by Crippen LogP contribution is -2.47. The summed E-state index contributed by atoms with van der Waals surface area (Å²) < 4.78 is 4.88. The predicted octanol–water partition coefficient (Wildman–Crippen LogP) is 0.256. The van der Waals surface area contributed by atoms with Gasteiger partial charge >= 0.3 is 18.0 Å². The highest BCUT2D eigenvalue weighted by atomic mass is 16.5. The lowest BCUT2D eigenvalue weighted by Gasteiger charge is -2.21. The number of alkyl carbamates (subject to hydrolysis) is 1. The van der Waals surface area contributed by atoms with Gasteiger partial charge < -0.3 is 20.3 Å². The molecule has 2 aliphatic carbocycles. The van der Waals surface area contributed by atoms with Crippen molar-refractivity contribution in [2.24, 2.45) is 17.8 Å². The Morgan fingerprint density at radius 2 is 2.00 bits per heavy atom. The largest absolute Gasteiger partial charge is 0.481 e. The molecule has 0 aromatic carbocycles. The fourth-order valence-electron chi connectivity index (χ4n) is 3.19. The van der Waals surface area contributed by atoms with Crippen LogP contribution in [0.25, 0.3) is 0 Å². The molecule has 116 valence electrons. The van der Waals surface area contributed by atoms with Gasteiger partial charge in [0.25, 0.3) is 0 Å². The molecular weight excluding hydrogens is 282 g/mol. The Hall–Kier alpha value is -2.12. The van der Waals surface area contributed by atoms with Crippen LogP contribution in [-0.4, -0.2) is 46.2 Å². The number of hydrogen-bond acceptors (Lipinski definition) is 5. The monoisotopic (exact) mass is 299 g/mol. The maximum Gasteiger partial charge on any atom is 0.407 e. The molecular formula is C13H17NO7. The molecule has 2 rings (SSSR count). The summed E-state index contributed by atoms with van der Waals surface area (Å²) in [5.74, 6) is -6.41. The molecule has 0 bridgehead atoms. The molecule has 8 heteroatoms. The summed E-state index contributed by atoms with van der Waals surface area (Å²) in [4.78, 5) is 46.0. The molecule has 2 aliphatic rings. The number of ether oxygens (including phenoxy) is 1. The van der Waals surface area contributed by atoms with Crippen LogP contribution in [-0.2, 0) is 19.1 Å². The van der Waals surface area contributed by atoms with Crippen molar-refractivity contribution in [3.8, 4) is 0 Å². The van der Waals surface area contributed by atoms with Crippen LogP contribution >= 0.6 is 0 Å². The van der Waals surface area contributed by atoms with Gasteiger partial charge in [-0.3, -0.25) is 14.4 Å². The van der Waals surface area contributed by atoms with Crippen molar-refractivity contribution in [3.63, 3.8) is 0 Å².